The van der Waals surface area contributed by atoms with Crippen molar-refractivity contribution in [2.75, 3.05) is 0 Å². The van der Waals surface area contributed by atoms with Crippen LogP contribution < -0.4 is 14.1 Å². The van der Waals surface area contributed by atoms with Gasteiger partial charge in [0.05, 0.1) is 0 Å². The Morgan fingerprint density at radius 3 is 3.00 bits per heavy atom. The summed E-state index contributed by atoms with van der Waals surface area (Å²) in [6.45, 7) is 1.84. The van der Waals surface area contributed by atoms with Gasteiger partial charge in [0.25, 0.3) is 5.88 Å². The molecule has 5 nitrogen and oxygen atoms in total. The molecule has 0 spiro atoms. The number of aromatic nitrogens is 2. The predicted octanol–water partition coefficient (Wildman–Crippen LogP) is -0.610. The van der Waals surface area contributed by atoms with Crippen LogP contribution in [0.4, 0.5) is 0 Å². The molecule has 0 unspecified atom stereocenters. The van der Waals surface area contributed by atoms with Gasteiger partial charge in [-0.3, -0.25) is 0 Å². The lowest BCUT2D eigenvalue weighted by Gasteiger charge is -1.98. The number of aryl methyl sites for hydroxylation is 1. The first kappa shape index (κ1) is 4.48. The summed E-state index contributed by atoms with van der Waals surface area (Å²) in [7, 11) is -0.591. The van der Waals surface area contributed by atoms with E-state index in [1.807, 2.05) is 6.92 Å². The van der Waals surface area contributed by atoms with Crippen LogP contribution >= 0.6 is 0 Å². The molecule has 0 amide bonds. The lowest BCUT2D eigenvalue weighted by atomic mass is 10.3. The topological polar surface area (TPSA) is 45.5 Å². The van der Waals surface area contributed by atoms with Crippen LogP contribution in [-0.4, -0.2) is 17.3 Å². The lowest BCUT2D eigenvalue weighted by molar-refractivity contribution is 0.212. The fraction of sp³-hybridized carbons (Fsp3) is 0.250. The van der Waals surface area contributed by atoms with Crippen LogP contribution in [0.25, 0.3) is 0 Å². The van der Waals surface area contributed by atoms with Gasteiger partial charge in [0.1, 0.15) is 5.69 Å². The summed E-state index contributed by atoms with van der Waals surface area (Å²) in [5, 5.41) is 3.98. The van der Waals surface area contributed by atoms with Gasteiger partial charge in [-0.05, 0) is 6.92 Å². The molecule has 0 atom stereocenters. The van der Waals surface area contributed by atoms with Crippen LogP contribution in [0.2, 0.25) is 0 Å². The molecule has 50 valence electrons. The lowest BCUT2D eigenvalue weighted by Crippen LogP contribution is -2.32. The first-order valence-corrected chi connectivity index (χ1v) is 2.95. The molecule has 0 radical (unpaired) electrons. The zero-order valence-corrected chi connectivity index (χ0v) is 5.20. The summed E-state index contributed by atoms with van der Waals surface area (Å²) in [5.41, 5.74) is 0.801. The highest BCUT2D eigenvalue weighted by Gasteiger charge is 2.50. The first-order valence-electron chi connectivity index (χ1n) is 2.95. The van der Waals surface area contributed by atoms with Crippen LogP contribution in [0, 0.1) is 6.92 Å². The molecule has 0 aliphatic carbocycles. The highest BCUT2D eigenvalue weighted by Crippen LogP contribution is 2.39. The minimum absolute atomic E-state index is 0.586. The van der Waals surface area contributed by atoms with Gasteiger partial charge in [-0.15, -0.1) is 5.10 Å². The summed E-state index contributed by atoms with van der Waals surface area (Å²) >= 11 is 0. The van der Waals surface area contributed by atoms with Gasteiger partial charge in [0.2, 0.25) is 0 Å². The Kier molecular flexibility index (Phi) is 0.491. The zero-order valence-electron chi connectivity index (χ0n) is 5.20. The summed E-state index contributed by atoms with van der Waals surface area (Å²) in [4.78, 5) is 1.35. The molecule has 0 saturated carbocycles. The van der Waals surface area contributed by atoms with Crippen molar-refractivity contribution in [3.05, 3.63) is 5.69 Å². The van der Waals surface area contributed by atoms with Crippen molar-refractivity contribution in [2.24, 2.45) is 0 Å². The van der Waals surface area contributed by atoms with Crippen molar-refractivity contribution in [1.82, 2.24) is 9.94 Å². The van der Waals surface area contributed by atoms with Crippen LogP contribution in [0.15, 0.2) is 0 Å². The van der Waals surface area contributed by atoms with Gasteiger partial charge in [-0.2, -0.15) is 0 Å². The number of hydrogen-bond donors (Lipinski definition) is 0. The molecular weight excluding hydrogens is 135 g/mol. The Labute approximate surface area is 56.6 Å². The molecular formula is C4H3BN2O3. The predicted molar refractivity (Wildman–Crippen MR) is 30.6 cm³/mol. The number of nitrogens with zero attached hydrogens (tertiary/aromatic N) is 2. The third kappa shape index (κ3) is 0.302. The minimum Gasteiger partial charge on any atom is -0.482 e. The van der Waals surface area contributed by atoms with Crippen LogP contribution in [-0.2, 0) is 0 Å². The maximum atomic E-state index is 5.13. The fourth-order valence-corrected chi connectivity index (χ4v) is 1.11. The Morgan fingerprint density at radius 2 is 2.40 bits per heavy atom. The van der Waals surface area contributed by atoms with Crippen molar-refractivity contribution in [3.63, 3.8) is 0 Å². The van der Waals surface area contributed by atoms with E-state index in [2.05, 4.69) is 5.10 Å². The molecule has 2 aliphatic rings. The van der Waals surface area contributed by atoms with Gasteiger partial charge in [0.15, 0.2) is 5.75 Å². The average molecular weight is 138 g/mol. The SMILES string of the molecule is Cc1nn2c3c1OB(O3)O2. The normalized spacial score (nSPS) is 16.7. The maximum Gasteiger partial charge on any atom is 0.887 e. The molecule has 0 saturated heterocycles. The molecule has 10 heavy (non-hydrogen) atoms. The maximum absolute atomic E-state index is 5.13. The van der Waals surface area contributed by atoms with Crippen LogP contribution in [0.5, 0.6) is 11.6 Å². The standard InChI is InChI=1S/C4H3BN2O3/c1-2-3-4-7(6-2)10-5(8-3)9-4/h1H3. The number of hydrogen-bond acceptors (Lipinski definition) is 4. The first-order chi connectivity index (χ1) is 4.84. The van der Waals surface area contributed by atoms with E-state index < -0.39 is 7.32 Å². The van der Waals surface area contributed by atoms with E-state index in [1.54, 1.807) is 0 Å². The highest BCUT2D eigenvalue weighted by molar-refractivity contribution is 6.41. The molecule has 0 aromatic carbocycles. The molecule has 0 N–H and O–H groups in total. The van der Waals surface area contributed by atoms with E-state index in [1.165, 1.54) is 4.85 Å². The van der Waals surface area contributed by atoms with E-state index in [4.69, 9.17) is 14.1 Å². The largest absolute Gasteiger partial charge is 0.887 e. The highest BCUT2D eigenvalue weighted by atomic mass is 16.9. The quantitative estimate of drug-likeness (QED) is 0.448. The number of rotatable bonds is 0. The number of fused-ring (bicyclic) bond motifs is 1. The van der Waals surface area contributed by atoms with Crippen molar-refractivity contribution < 1.29 is 14.1 Å². The van der Waals surface area contributed by atoms with E-state index in [0.29, 0.717) is 11.6 Å². The van der Waals surface area contributed by atoms with Gasteiger partial charge >= 0.3 is 7.32 Å². The average Bonchev–Trinajstić information content (AvgIpc) is 2.44. The monoisotopic (exact) mass is 138 g/mol. The van der Waals surface area contributed by atoms with Gasteiger partial charge in [0, 0.05) is 0 Å². The fourth-order valence-electron chi connectivity index (χ4n) is 1.11. The molecule has 2 aliphatic heterocycles. The Hall–Kier alpha value is -1.33. The van der Waals surface area contributed by atoms with E-state index in [9.17, 15) is 0 Å². The molecule has 3 rings (SSSR count). The van der Waals surface area contributed by atoms with Gasteiger partial charge in [-0.1, -0.05) is 4.85 Å². The van der Waals surface area contributed by atoms with Crippen LogP contribution in [0.1, 0.15) is 5.69 Å². The molecule has 0 fully saturated rings. The second-order valence-electron chi connectivity index (χ2n) is 2.22. The summed E-state index contributed by atoms with van der Waals surface area (Å²) in [6.07, 6.45) is 0. The molecule has 1 aromatic rings. The molecule has 2 bridgehead atoms. The Bertz CT molecular complexity index is 308. The summed E-state index contributed by atoms with van der Waals surface area (Å²) < 4.78 is 15.2. The van der Waals surface area contributed by atoms with E-state index in [-0.39, 0.29) is 0 Å². The summed E-state index contributed by atoms with van der Waals surface area (Å²) in [5.74, 6) is 1.29. The second kappa shape index (κ2) is 1.09. The zero-order chi connectivity index (χ0) is 6.72. The van der Waals surface area contributed by atoms with Crippen molar-refractivity contribution in [3.8, 4) is 11.6 Å². The third-order valence-electron chi connectivity index (χ3n) is 1.55. The minimum atomic E-state index is -0.591. The Balaban J connectivity index is 2.41. The van der Waals surface area contributed by atoms with Crippen molar-refractivity contribution in [2.45, 2.75) is 6.92 Å². The van der Waals surface area contributed by atoms with Crippen molar-refractivity contribution >= 4 is 7.32 Å². The second-order valence-corrected chi connectivity index (χ2v) is 2.22. The van der Waals surface area contributed by atoms with E-state index >= 15 is 0 Å². The Morgan fingerprint density at radius 1 is 1.50 bits per heavy atom. The smallest absolute Gasteiger partial charge is 0.482 e. The summed E-state index contributed by atoms with van der Waals surface area (Å²) in [6, 6.07) is 0. The molecule has 3 heterocycles. The van der Waals surface area contributed by atoms with E-state index in [0.717, 1.165) is 5.69 Å². The molecule has 6 heteroatoms. The molecule has 1 aromatic heterocycles. The third-order valence-corrected chi connectivity index (χ3v) is 1.55. The van der Waals surface area contributed by atoms with Crippen molar-refractivity contribution in [1.29, 1.82) is 0 Å². The van der Waals surface area contributed by atoms with Gasteiger partial charge < -0.3 is 14.1 Å². The van der Waals surface area contributed by atoms with Gasteiger partial charge in [-0.25, -0.2) is 0 Å². The van der Waals surface area contributed by atoms with Crippen LogP contribution in [0.3, 0.4) is 0 Å².